The lowest BCUT2D eigenvalue weighted by atomic mass is 9.85. The second-order valence-electron chi connectivity index (χ2n) is 6.82. The maximum atomic E-state index is 11.6. The van der Waals surface area contributed by atoms with Gasteiger partial charge in [-0.15, -0.1) is 0 Å². The van der Waals surface area contributed by atoms with E-state index in [1.54, 1.807) is 25.3 Å². The number of anilines is 1. The lowest BCUT2D eigenvalue weighted by Gasteiger charge is -2.25. The van der Waals surface area contributed by atoms with E-state index >= 15 is 0 Å². The number of methoxy groups -OCH3 is 1. The summed E-state index contributed by atoms with van der Waals surface area (Å²) in [6.07, 6.45) is 5.90. The van der Waals surface area contributed by atoms with Crippen LogP contribution in [-0.2, 0) is 16.8 Å². The van der Waals surface area contributed by atoms with Crippen molar-refractivity contribution in [3.05, 3.63) is 47.8 Å². The van der Waals surface area contributed by atoms with Crippen LogP contribution in [-0.4, -0.2) is 28.6 Å². The second-order valence-corrected chi connectivity index (χ2v) is 8.14. The maximum Gasteiger partial charge on any atom is 0.236 e. The van der Waals surface area contributed by atoms with Gasteiger partial charge in [-0.05, 0) is 61.9 Å². The minimum absolute atomic E-state index is 0.576. The molecular formula is C20H25N3O2S. The molecule has 0 spiro atoms. The standard InChI is InChI=1S/C20H25N3O2S/c1-4-20(2,14-24)18-11-12-21-19(22-18)23(26-17-9-10-17)13-15-5-7-16(25-3)8-6-15/h5-8,11-12,14,17H,4,9-10,13H2,1-3H3. The van der Waals surface area contributed by atoms with Gasteiger partial charge in [0.2, 0.25) is 5.95 Å². The number of carbonyl (C=O) groups is 1. The molecule has 5 nitrogen and oxygen atoms in total. The van der Waals surface area contributed by atoms with Crippen LogP contribution in [0.15, 0.2) is 36.5 Å². The van der Waals surface area contributed by atoms with E-state index in [2.05, 4.69) is 21.4 Å². The number of aromatic nitrogens is 2. The van der Waals surface area contributed by atoms with E-state index in [-0.39, 0.29) is 0 Å². The maximum absolute atomic E-state index is 11.6. The Morgan fingerprint density at radius 1 is 1.31 bits per heavy atom. The third-order valence-corrected chi connectivity index (χ3v) is 6.05. The van der Waals surface area contributed by atoms with Crippen molar-refractivity contribution in [2.24, 2.45) is 0 Å². The van der Waals surface area contributed by atoms with E-state index in [9.17, 15) is 4.79 Å². The minimum atomic E-state index is -0.576. The lowest BCUT2D eigenvalue weighted by Crippen LogP contribution is -2.26. The van der Waals surface area contributed by atoms with Crippen LogP contribution < -0.4 is 9.04 Å². The zero-order valence-electron chi connectivity index (χ0n) is 15.5. The first-order chi connectivity index (χ1) is 12.6. The smallest absolute Gasteiger partial charge is 0.236 e. The summed E-state index contributed by atoms with van der Waals surface area (Å²) in [6.45, 7) is 4.64. The Morgan fingerprint density at radius 3 is 2.62 bits per heavy atom. The summed E-state index contributed by atoms with van der Waals surface area (Å²) in [5.74, 6) is 1.51. The number of benzene rings is 1. The number of hydrogen-bond acceptors (Lipinski definition) is 6. The molecular weight excluding hydrogens is 346 g/mol. The summed E-state index contributed by atoms with van der Waals surface area (Å²) in [6, 6.07) is 9.89. The van der Waals surface area contributed by atoms with Crippen molar-refractivity contribution >= 4 is 24.2 Å². The Bertz CT molecular complexity index is 749. The molecule has 6 heteroatoms. The molecule has 2 aromatic rings. The lowest BCUT2D eigenvalue weighted by molar-refractivity contribution is -0.112. The molecule has 1 atom stereocenters. The fourth-order valence-electron chi connectivity index (χ4n) is 2.52. The van der Waals surface area contributed by atoms with Gasteiger partial charge in [0.1, 0.15) is 12.0 Å². The Morgan fingerprint density at radius 2 is 2.04 bits per heavy atom. The first-order valence-corrected chi connectivity index (χ1v) is 9.78. The quantitative estimate of drug-likeness (QED) is 0.487. The Hall–Kier alpha value is -2.08. The molecule has 1 aliphatic carbocycles. The Kier molecular flexibility index (Phi) is 5.81. The number of hydrogen-bond donors (Lipinski definition) is 0. The molecule has 1 fully saturated rings. The van der Waals surface area contributed by atoms with Gasteiger partial charge in [-0.3, -0.25) is 4.31 Å². The molecule has 1 aromatic heterocycles. The molecule has 1 heterocycles. The van der Waals surface area contributed by atoms with Gasteiger partial charge < -0.3 is 9.53 Å². The normalized spacial score (nSPS) is 16.0. The summed E-state index contributed by atoms with van der Waals surface area (Å²) in [7, 11) is 1.67. The summed E-state index contributed by atoms with van der Waals surface area (Å²) in [4.78, 5) is 20.8. The molecule has 1 aliphatic rings. The van der Waals surface area contributed by atoms with E-state index in [4.69, 9.17) is 9.72 Å². The highest BCUT2D eigenvalue weighted by Crippen LogP contribution is 2.39. The third-order valence-electron chi connectivity index (χ3n) is 4.73. The van der Waals surface area contributed by atoms with Crippen molar-refractivity contribution in [2.45, 2.75) is 50.3 Å². The SMILES string of the molecule is CCC(C)(C=O)c1ccnc(N(Cc2ccc(OC)cc2)SC2CC2)n1. The van der Waals surface area contributed by atoms with Gasteiger partial charge in [0.15, 0.2) is 0 Å². The van der Waals surface area contributed by atoms with E-state index in [0.717, 1.165) is 17.7 Å². The molecule has 1 unspecified atom stereocenters. The first kappa shape index (κ1) is 18.7. The minimum Gasteiger partial charge on any atom is -0.497 e. The number of aldehydes is 1. The van der Waals surface area contributed by atoms with Crippen LogP contribution >= 0.6 is 11.9 Å². The number of nitrogens with zero attached hydrogens (tertiary/aromatic N) is 3. The third kappa shape index (κ3) is 4.36. The van der Waals surface area contributed by atoms with E-state index in [0.29, 0.717) is 24.2 Å². The van der Waals surface area contributed by atoms with Gasteiger partial charge in [0, 0.05) is 11.4 Å². The zero-order chi connectivity index (χ0) is 18.6. The predicted molar refractivity (Wildman–Crippen MR) is 106 cm³/mol. The van der Waals surface area contributed by atoms with Crippen LogP contribution in [0.2, 0.25) is 0 Å². The van der Waals surface area contributed by atoms with Crippen molar-refractivity contribution in [3.8, 4) is 5.75 Å². The van der Waals surface area contributed by atoms with Crippen molar-refractivity contribution < 1.29 is 9.53 Å². The van der Waals surface area contributed by atoms with E-state index in [1.165, 1.54) is 18.4 Å². The van der Waals surface area contributed by atoms with Crippen molar-refractivity contribution in [2.75, 3.05) is 11.4 Å². The molecule has 0 amide bonds. The topological polar surface area (TPSA) is 55.3 Å². The van der Waals surface area contributed by atoms with Gasteiger partial charge in [-0.2, -0.15) is 0 Å². The summed E-state index contributed by atoms with van der Waals surface area (Å²) in [5.41, 5.74) is 1.37. The van der Waals surface area contributed by atoms with E-state index < -0.39 is 5.41 Å². The summed E-state index contributed by atoms with van der Waals surface area (Å²) in [5, 5.41) is 0.629. The predicted octanol–water partition coefficient (Wildman–Crippen LogP) is 4.17. The van der Waals surface area contributed by atoms with Gasteiger partial charge >= 0.3 is 0 Å². The molecule has 0 aliphatic heterocycles. The van der Waals surface area contributed by atoms with Crippen molar-refractivity contribution in [3.63, 3.8) is 0 Å². The zero-order valence-corrected chi connectivity index (χ0v) is 16.3. The fraction of sp³-hybridized carbons (Fsp3) is 0.450. The Balaban J connectivity index is 1.86. The molecule has 3 rings (SSSR count). The largest absolute Gasteiger partial charge is 0.497 e. The van der Waals surface area contributed by atoms with Gasteiger partial charge in [0.25, 0.3) is 0 Å². The van der Waals surface area contributed by atoms with Gasteiger partial charge in [-0.25, -0.2) is 9.97 Å². The van der Waals surface area contributed by atoms with Gasteiger partial charge in [0.05, 0.1) is 24.8 Å². The van der Waals surface area contributed by atoms with Crippen LogP contribution in [0.5, 0.6) is 5.75 Å². The van der Waals surface area contributed by atoms with Crippen LogP contribution in [0, 0.1) is 0 Å². The molecule has 0 saturated heterocycles. The highest BCUT2D eigenvalue weighted by molar-refractivity contribution is 8.01. The average Bonchev–Trinajstić information content (AvgIpc) is 3.51. The highest BCUT2D eigenvalue weighted by Gasteiger charge is 2.29. The second kappa shape index (κ2) is 8.08. The van der Waals surface area contributed by atoms with Crippen LogP contribution in [0.3, 0.4) is 0 Å². The number of carbonyl (C=O) groups excluding carboxylic acids is 1. The van der Waals surface area contributed by atoms with Gasteiger partial charge in [-0.1, -0.05) is 19.1 Å². The summed E-state index contributed by atoms with van der Waals surface area (Å²) >= 11 is 1.79. The Labute approximate surface area is 159 Å². The van der Waals surface area contributed by atoms with Crippen LogP contribution in [0.4, 0.5) is 5.95 Å². The highest BCUT2D eigenvalue weighted by atomic mass is 32.2. The van der Waals surface area contributed by atoms with Crippen LogP contribution in [0.1, 0.15) is 44.4 Å². The molecule has 1 aromatic carbocycles. The molecule has 26 heavy (non-hydrogen) atoms. The fourth-order valence-corrected chi connectivity index (χ4v) is 3.63. The molecule has 0 bridgehead atoms. The molecule has 0 radical (unpaired) electrons. The average molecular weight is 372 g/mol. The van der Waals surface area contributed by atoms with E-state index in [1.807, 2.05) is 32.0 Å². The monoisotopic (exact) mass is 371 g/mol. The molecule has 1 saturated carbocycles. The molecule has 138 valence electrons. The van der Waals surface area contributed by atoms with Crippen LogP contribution in [0.25, 0.3) is 0 Å². The first-order valence-electron chi connectivity index (χ1n) is 8.95. The van der Waals surface area contributed by atoms with Crippen molar-refractivity contribution in [1.29, 1.82) is 0 Å². The summed E-state index contributed by atoms with van der Waals surface area (Å²) < 4.78 is 7.38. The molecule has 0 N–H and O–H groups in total. The van der Waals surface area contributed by atoms with Crippen molar-refractivity contribution in [1.82, 2.24) is 9.97 Å². The number of rotatable bonds is 9. The number of ether oxygens (including phenoxy) is 1.